The molecule has 0 atom stereocenters. The Bertz CT molecular complexity index is 754. The molecule has 0 radical (unpaired) electrons. The number of hydrogen-bond donors (Lipinski definition) is 0. The second-order valence-corrected chi connectivity index (χ2v) is 6.72. The molecule has 132 valence electrons. The summed E-state index contributed by atoms with van der Waals surface area (Å²) in [4.78, 5) is 28.4. The van der Waals surface area contributed by atoms with Crippen molar-refractivity contribution in [2.24, 2.45) is 0 Å². The van der Waals surface area contributed by atoms with Crippen molar-refractivity contribution in [2.45, 2.75) is 12.8 Å². The number of piperazine rings is 1. The minimum atomic E-state index is -0.135. The van der Waals surface area contributed by atoms with Crippen molar-refractivity contribution in [3.8, 4) is 0 Å². The predicted octanol–water partition coefficient (Wildman–Crippen LogP) is 3.50. The van der Waals surface area contributed by atoms with Crippen LogP contribution in [0.4, 0.5) is 0 Å². The summed E-state index contributed by atoms with van der Waals surface area (Å²) in [6.07, 6.45) is 2.60. The largest absolute Gasteiger partial charge is 0.469 e. The normalized spacial score (nSPS) is 14.6. The van der Waals surface area contributed by atoms with Gasteiger partial charge in [-0.1, -0.05) is 23.2 Å². The molecule has 1 fully saturated rings. The van der Waals surface area contributed by atoms with Crippen molar-refractivity contribution >= 4 is 35.0 Å². The number of benzene rings is 1. The van der Waals surface area contributed by atoms with E-state index in [1.54, 1.807) is 34.3 Å². The zero-order valence-corrected chi connectivity index (χ0v) is 15.1. The number of nitrogens with zero attached hydrogens (tertiary/aromatic N) is 2. The highest BCUT2D eigenvalue weighted by Crippen LogP contribution is 2.23. The van der Waals surface area contributed by atoms with Crippen LogP contribution >= 0.6 is 23.2 Å². The second kappa shape index (κ2) is 7.93. The van der Waals surface area contributed by atoms with Crippen molar-refractivity contribution in [3.05, 3.63) is 58.0 Å². The molecule has 1 aromatic carbocycles. The SMILES string of the molecule is O=C(CCc1ccco1)N1CCN(C(=O)c2ccc(Cl)cc2Cl)CC1. The molecule has 2 aromatic rings. The van der Waals surface area contributed by atoms with Crippen LogP contribution in [0.25, 0.3) is 0 Å². The summed E-state index contributed by atoms with van der Waals surface area (Å²) in [7, 11) is 0. The first-order valence-corrected chi connectivity index (χ1v) is 8.84. The Kier molecular flexibility index (Phi) is 5.66. The monoisotopic (exact) mass is 380 g/mol. The molecule has 0 saturated carbocycles. The average Bonchev–Trinajstić information content (AvgIpc) is 3.13. The van der Waals surface area contributed by atoms with Crippen LogP contribution in [0.15, 0.2) is 41.0 Å². The van der Waals surface area contributed by atoms with Crippen molar-refractivity contribution in [3.63, 3.8) is 0 Å². The van der Waals surface area contributed by atoms with Crippen LogP contribution in [-0.4, -0.2) is 47.8 Å². The molecule has 1 aliphatic heterocycles. The number of hydrogen-bond acceptors (Lipinski definition) is 3. The average molecular weight is 381 g/mol. The lowest BCUT2D eigenvalue weighted by Gasteiger charge is -2.35. The summed E-state index contributed by atoms with van der Waals surface area (Å²) < 4.78 is 5.24. The molecule has 0 spiro atoms. The molecule has 7 heteroatoms. The lowest BCUT2D eigenvalue weighted by atomic mass is 10.1. The van der Waals surface area contributed by atoms with Gasteiger partial charge in [0.2, 0.25) is 5.91 Å². The van der Waals surface area contributed by atoms with Crippen LogP contribution in [0.5, 0.6) is 0 Å². The minimum absolute atomic E-state index is 0.0769. The number of halogens is 2. The van der Waals surface area contributed by atoms with Crippen LogP contribution in [0.3, 0.4) is 0 Å². The highest BCUT2D eigenvalue weighted by Gasteiger charge is 2.25. The Hall–Kier alpha value is -1.98. The molecule has 2 heterocycles. The van der Waals surface area contributed by atoms with Crippen LogP contribution in [0.2, 0.25) is 10.0 Å². The van der Waals surface area contributed by atoms with E-state index < -0.39 is 0 Å². The molecule has 5 nitrogen and oxygen atoms in total. The smallest absolute Gasteiger partial charge is 0.255 e. The second-order valence-electron chi connectivity index (χ2n) is 5.88. The Labute approximate surface area is 156 Å². The fraction of sp³-hybridized carbons (Fsp3) is 0.333. The van der Waals surface area contributed by atoms with Crippen molar-refractivity contribution in [2.75, 3.05) is 26.2 Å². The minimum Gasteiger partial charge on any atom is -0.469 e. The first kappa shape index (κ1) is 17.8. The number of rotatable bonds is 4. The topological polar surface area (TPSA) is 53.8 Å². The molecule has 1 saturated heterocycles. The molecule has 1 aliphatic rings. The van der Waals surface area contributed by atoms with Gasteiger partial charge in [0.15, 0.2) is 0 Å². The van der Waals surface area contributed by atoms with Gasteiger partial charge in [0.25, 0.3) is 5.91 Å². The quantitative estimate of drug-likeness (QED) is 0.815. The third-order valence-electron chi connectivity index (χ3n) is 4.25. The Balaban J connectivity index is 1.52. The molecule has 0 aliphatic carbocycles. The third kappa shape index (κ3) is 4.35. The molecule has 1 aromatic heterocycles. The van der Waals surface area contributed by atoms with Gasteiger partial charge in [0.1, 0.15) is 5.76 Å². The van der Waals surface area contributed by atoms with E-state index in [0.717, 1.165) is 5.76 Å². The molecule has 0 unspecified atom stereocenters. The van der Waals surface area contributed by atoms with Crippen LogP contribution in [0, 0.1) is 0 Å². The van der Waals surface area contributed by atoms with Gasteiger partial charge in [-0.15, -0.1) is 0 Å². The van der Waals surface area contributed by atoms with Gasteiger partial charge in [-0.05, 0) is 30.3 Å². The summed E-state index contributed by atoms with van der Waals surface area (Å²) >= 11 is 12.0. The molecule has 25 heavy (non-hydrogen) atoms. The molecule has 2 amide bonds. The maximum absolute atomic E-state index is 12.6. The summed E-state index contributed by atoms with van der Waals surface area (Å²) in [6, 6.07) is 8.51. The molecule has 3 rings (SSSR count). The third-order valence-corrected chi connectivity index (χ3v) is 4.79. The highest BCUT2D eigenvalue weighted by atomic mass is 35.5. The van der Waals surface area contributed by atoms with Crippen LogP contribution in [-0.2, 0) is 11.2 Å². The number of aryl methyl sites for hydroxylation is 1. The predicted molar refractivity (Wildman–Crippen MR) is 96.0 cm³/mol. The van der Waals surface area contributed by atoms with Crippen LogP contribution < -0.4 is 0 Å². The van der Waals surface area contributed by atoms with Crippen molar-refractivity contribution in [1.29, 1.82) is 0 Å². The van der Waals surface area contributed by atoms with Crippen molar-refractivity contribution in [1.82, 2.24) is 9.80 Å². The van der Waals surface area contributed by atoms with Gasteiger partial charge in [0, 0.05) is 44.0 Å². The zero-order valence-electron chi connectivity index (χ0n) is 13.6. The Morgan fingerprint density at radius 2 is 1.76 bits per heavy atom. The number of furan rings is 1. The van der Waals surface area contributed by atoms with E-state index in [-0.39, 0.29) is 11.8 Å². The van der Waals surface area contributed by atoms with E-state index in [9.17, 15) is 9.59 Å². The fourth-order valence-corrected chi connectivity index (χ4v) is 3.32. The maximum Gasteiger partial charge on any atom is 0.255 e. The maximum atomic E-state index is 12.6. The Morgan fingerprint density at radius 1 is 1.04 bits per heavy atom. The van der Waals surface area contributed by atoms with Crippen LogP contribution in [0.1, 0.15) is 22.5 Å². The summed E-state index contributed by atoms with van der Waals surface area (Å²) in [5.41, 5.74) is 0.434. The van der Waals surface area contributed by atoms with Gasteiger partial charge in [-0.3, -0.25) is 9.59 Å². The van der Waals surface area contributed by atoms with E-state index in [1.807, 2.05) is 12.1 Å². The first-order chi connectivity index (χ1) is 12.0. The van der Waals surface area contributed by atoms with E-state index in [0.29, 0.717) is 54.6 Å². The van der Waals surface area contributed by atoms with E-state index in [4.69, 9.17) is 27.6 Å². The standard InChI is InChI=1S/C18H18Cl2N2O3/c19-13-3-5-15(16(20)12-13)18(24)22-9-7-21(8-10-22)17(23)6-4-14-2-1-11-25-14/h1-3,5,11-12H,4,6-10H2. The fourth-order valence-electron chi connectivity index (χ4n) is 2.84. The van der Waals surface area contributed by atoms with Gasteiger partial charge in [-0.2, -0.15) is 0 Å². The zero-order chi connectivity index (χ0) is 17.8. The van der Waals surface area contributed by atoms with Crippen molar-refractivity contribution < 1.29 is 14.0 Å². The lowest BCUT2D eigenvalue weighted by Crippen LogP contribution is -2.50. The lowest BCUT2D eigenvalue weighted by molar-refractivity contribution is -0.132. The summed E-state index contributed by atoms with van der Waals surface area (Å²) in [6.45, 7) is 2.02. The molecular formula is C18H18Cl2N2O3. The molecule has 0 N–H and O–H groups in total. The van der Waals surface area contributed by atoms with E-state index in [1.165, 1.54) is 0 Å². The Morgan fingerprint density at radius 3 is 2.40 bits per heavy atom. The van der Waals surface area contributed by atoms with Gasteiger partial charge in [-0.25, -0.2) is 0 Å². The number of amides is 2. The molecular weight excluding hydrogens is 363 g/mol. The molecule has 0 bridgehead atoms. The van der Waals surface area contributed by atoms with Gasteiger partial charge >= 0.3 is 0 Å². The first-order valence-electron chi connectivity index (χ1n) is 8.09. The number of carbonyl (C=O) groups excluding carboxylic acids is 2. The summed E-state index contributed by atoms with van der Waals surface area (Å²) in [5, 5.41) is 0.836. The van der Waals surface area contributed by atoms with Gasteiger partial charge < -0.3 is 14.2 Å². The summed E-state index contributed by atoms with van der Waals surface area (Å²) in [5.74, 6) is 0.747. The van der Waals surface area contributed by atoms with Gasteiger partial charge in [0.05, 0.1) is 16.8 Å². The van der Waals surface area contributed by atoms with E-state index in [2.05, 4.69) is 0 Å². The van der Waals surface area contributed by atoms with E-state index >= 15 is 0 Å². The number of carbonyl (C=O) groups is 2. The highest BCUT2D eigenvalue weighted by molar-refractivity contribution is 6.36.